The van der Waals surface area contributed by atoms with Crippen molar-refractivity contribution in [2.45, 2.75) is 84.2 Å². The van der Waals surface area contributed by atoms with E-state index in [1.165, 1.54) is 43.4 Å². The first-order valence-corrected chi connectivity index (χ1v) is 10.8. The van der Waals surface area contributed by atoms with Gasteiger partial charge in [0, 0.05) is 19.5 Å². The molecule has 0 saturated heterocycles. The molecule has 0 radical (unpaired) electrons. The largest absolute Gasteiger partial charge is 0.392 e. The molecule has 1 amide bonds. The first kappa shape index (κ1) is 23.3. The van der Waals surface area contributed by atoms with E-state index >= 15 is 0 Å². The van der Waals surface area contributed by atoms with Crippen molar-refractivity contribution >= 4 is 16.0 Å². The summed E-state index contributed by atoms with van der Waals surface area (Å²) in [4.78, 5) is 13.5. The van der Waals surface area contributed by atoms with Gasteiger partial charge in [0.05, 0.1) is 11.9 Å². The van der Waals surface area contributed by atoms with Crippen molar-refractivity contribution in [1.82, 2.24) is 4.90 Å². The smallest absolute Gasteiger partial charge is 0.266 e. The molecule has 0 aliphatic carbocycles. The van der Waals surface area contributed by atoms with Crippen molar-refractivity contribution in [2.75, 3.05) is 18.8 Å². The van der Waals surface area contributed by atoms with E-state index < -0.39 is 22.0 Å². The van der Waals surface area contributed by atoms with Crippen LogP contribution in [0.2, 0.25) is 0 Å². The summed E-state index contributed by atoms with van der Waals surface area (Å²) < 4.78 is 30.5. The van der Waals surface area contributed by atoms with Gasteiger partial charge in [-0.3, -0.25) is 9.35 Å². The van der Waals surface area contributed by atoms with Crippen LogP contribution in [0, 0.1) is 0 Å². The third-order valence-electron chi connectivity index (χ3n) is 3.95. The molecule has 0 bridgehead atoms. The van der Waals surface area contributed by atoms with Gasteiger partial charge in [-0.15, -0.1) is 0 Å². The number of aliphatic hydroxyl groups is 1. The van der Waals surface area contributed by atoms with Crippen LogP contribution >= 0.6 is 0 Å². The predicted molar refractivity (Wildman–Crippen MR) is 96.5 cm³/mol. The summed E-state index contributed by atoms with van der Waals surface area (Å²) in [5.41, 5.74) is 0. The van der Waals surface area contributed by atoms with Crippen LogP contribution in [-0.4, -0.2) is 53.8 Å². The summed E-state index contributed by atoms with van der Waals surface area (Å²) in [5.74, 6) is -0.661. The number of aliphatic hydroxyl groups excluding tert-OH is 1. The average molecular weight is 366 g/mol. The molecule has 1 atom stereocenters. The fourth-order valence-corrected chi connectivity index (χ4v) is 3.06. The van der Waals surface area contributed by atoms with Crippen LogP contribution in [0.5, 0.6) is 0 Å². The fraction of sp³-hybridized carbons (Fsp3) is 0.941. The molecule has 7 heteroatoms. The second-order valence-electron chi connectivity index (χ2n) is 6.55. The lowest BCUT2D eigenvalue weighted by molar-refractivity contribution is -0.132. The topological polar surface area (TPSA) is 94.9 Å². The Hall–Kier alpha value is -0.660. The molecule has 0 fully saturated rings. The van der Waals surface area contributed by atoms with E-state index in [1.807, 2.05) is 0 Å². The standard InChI is InChI=1S/C17H35NO5S/c1-3-4-5-6-7-8-9-10-11-12-17(20)18(15-16(2)19)13-14-24(21,22)23/h16,19H,3-15H2,1-2H3,(H,21,22,23). The number of carbonyl (C=O) groups excluding carboxylic acids is 1. The van der Waals surface area contributed by atoms with Gasteiger partial charge in [-0.2, -0.15) is 8.42 Å². The number of amides is 1. The van der Waals surface area contributed by atoms with E-state index in [2.05, 4.69) is 6.92 Å². The highest BCUT2D eigenvalue weighted by Crippen LogP contribution is 2.11. The molecule has 0 heterocycles. The molecule has 2 N–H and O–H groups in total. The van der Waals surface area contributed by atoms with Crippen LogP contribution in [0.25, 0.3) is 0 Å². The maximum absolute atomic E-state index is 12.1. The van der Waals surface area contributed by atoms with Crippen LogP contribution in [0.15, 0.2) is 0 Å². The molecule has 0 aromatic rings. The maximum Gasteiger partial charge on any atom is 0.266 e. The minimum atomic E-state index is -4.11. The summed E-state index contributed by atoms with van der Waals surface area (Å²) in [6, 6.07) is 0. The van der Waals surface area contributed by atoms with Gasteiger partial charge in [0.15, 0.2) is 0 Å². The van der Waals surface area contributed by atoms with Gasteiger partial charge in [0.25, 0.3) is 10.1 Å². The molecule has 0 aromatic heterocycles. The second kappa shape index (κ2) is 13.6. The first-order valence-electron chi connectivity index (χ1n) is 9.17. The Morgan fingerprint density at radius 3 is 1.96 bits per heavy atom. The second-order valence-corrected chi connectivity index (χ2v) is 8.13. The number of nitrogens with zero attached hydrogens (tertiary/aromatic N) is 1. The summed E-state index contributed by atoms with van der Waals surface area (Å²) in [5, 5.41) is 9.43. The zero-order chi connectivity index (χ0) is 18.4. The Morgan fingerprint density at radius 2 is 1.50 bits per heavy atom. The molecule has 0 aromatic carbocycles. The molecule has 0 aliphatic heterocycles. The van der Waals surface area contributed by atoms with Crippen molar-refractivity contribution < 1.29 is 22.9 Å². The third-order valence-corrected chi connectivity index (χ3v) is 4.65. The quantitative estimate of drug-likeness (QED) is 0.344. The number of rotatable bonds is 15. The van der Waals surface area contributed by atoms with E-state index in [-0.39, 0.29) is 19.0 Å². The van der Waals surface area contributed by atoms with Gasteiger partial charge in [0.2, 0.25) is 5.91 Å². The lowest BCUT2D eigenvalue weighted by atomic mass is 10.1. The van der Waals surface area contributed by atoms with Crippen LogP contribution in [-0.2, 0) is 14.9 Å². The monoisotopic (exact) mass is 365 g/mol. The Labute approximate surface area is 147 Å². The van der Waals surface area contributed by atoms with Crippen LogP contribution in [0.3, 0.4) is 0 Å². The average Bonchev–Trinajstić information content (AvgIpc) is 2.48. The molecule has 0 saturated carbocycles. The van der Waals surface area contributed by atoms with Crippen LogP contribution in [0.4, 0.5) is 0 Å². The molecule has 0 spiro atoms. The first-order chi connectivity index (χ1) is 11.3. The summed E-state index contributed by atoms with van der Waals surface area (Å²) in [7, 11) is -4.11. The minimum Gasteiger partial charge on any atom is -0.392 e. The Bertz CT molecular complexity index is 423. The van der Waals surface area contributed by atoms with Gasteiger partial charge in [-0.1, -0.05) is 58.3 Å². The van der Waals surface area contributed by atoms with Crippen molar-refractivity contribution in [2.24, 2.45) is 0 Å². The minimum absolute atomic E-state index is 0.0833. The van der Waals surface area contributed by atoms with Gasteiger partial charge < -0.3 is 10.0 Å². The lowest BCUT2D eigenvalue weighted by Crippen LogP contribution is -2.39. The lowest BCUT2D eigenvalue weighted by Gasteiger charge is -2.23. The van der Waals surface area contributed by atoms with Crippen molar-refractivity contribution in [3.05, 3.63) is 0 Å². The molecule has 0 aliphatic rings. The van der Waals surface area contributed by atoms with Crippen molar-refractivity contribution in [3.8, 4) is 0 Å². The zero-order valence-electron chi connectivity index (χ0n) is 15.2. The van der Waals surface area contributed by atoms with Crippen LogP contribution < -0.4 is 0 Å². The Morgan fingerprint density at radius 1 is 1.00 bits per heavy atom. The summed E-state index contributed by atoms with van der Waals surface area (Å²) in [6.45, 7) is 3.76. The van der Waals surface area contributed by atoms with E-state index in [0.717, 1.165) is 19.3 Å². The normalized spacial score (nSPS) is 13.0. The van der Waals surface area contributed by atoms with E-state index in [1.54, 1.807) is 6.92 Å². The fourth-order valence-electron chi connectivity index (χ4n) is 2.61. The molecular weight excluding hydrogens is 330 g/mol. The molecular formula is C17H35NO5S. The van der Waals surface area contributed by atoms with E-state index in [0.29, 0.717) is 6.42 Å². The third kappa shape index (κ3) is 14.9. The molecule has 6 nitrogen and oxygen atoms in total. The van der Waals surface area contributed by atoms with Gasteiger partial charge >= 0.3 is 0 Å². The van der Waals surface area contributed by atoms with E-state index in [9.17, 15) is 18.3 Å². The van der Waals surface area contributed by atoms with Crippen molar-refractivity contribution in [3.63, 3.8) is 0 Å². The highest BCUT2D eigenvalue weighted by molar-refractivity contribution is 7.85. The Kier molecular flexibility index (Phi) is 13.2. The van der Waals surface area contributed by atoms with Gasteiger partial charge in [-0.25, -0.2) is 0 Å². The number of unbranched alkanes of at least 4 members (excludes halogenated alkanes) is 8. The molecule has 0 rings (SSSR count). The maximum atomic E-state index is 12.1. The number of hydrogen-bond acceptors (Lipinski definition) is 4. The summed E-state index contributed by atoms with van der Waals surface area (Å²) >= 11 is 0. The van der Waals surface area contributed by atoms with Crippen LogP contribution in [0.1, 0.15) is 78.1 Å². The molecule has 24 heavy (non-hydrogen) atoms. The molecule has 144 valence electrons. The van der Waals surface area contributed by atoms with Crippen molar-refractivity contribution in [1.29, 1.82) is 0 Å². The predicted octanol–water partition coefficient (Wildman–Crippen LogP) is 3.00. The highest BCUT2D eigenvalue weighted by atomic mass is 32.2. The highest BCUT2D eigenvalue weighted by Gasteiger charge is 2.17. The van der Waals surface area contributed by atoms with Gasteiger partial charge in [0.1, 0.15) is 0 Å². The molecule has 1 unspecified atom stereocenters. The Balaban J connectivity index is 3.93. The van der Waals surface area contributed by atoms with E-state index in [4.69, 9.17) is 4.55 Å². The van der Waals surface area contributed by atoms with Gasteiger partial charge in [-0.05, 0) is 13.3 Å². The SMILES string of the molecule is CCCCCCCCCCCC(=O)N(CCS(=O)(=O)O)CC(C)O. The zero-order valence-corrected chi connectivity index (χ0v) is 16.1. The number of carbonyl (C=O) groups is 1. The number of hydrogen-bond donors (Lipinski definition) is 2. The summed E-state index contributed by atoms with van der Waals surface area (Å²) in [6.07, 6.45) is 10.1.